The zero-order valence-corrected chi connectivity index (χ0v) is 15.5. The first-order valence-electron chi connectivity index (χ1n) is 8.96. The predicted molar refractivity (Wildman–Crippen MR) is 102 cm³/mol. The molecular formula is C21H22N2O5. The average molecular weight is 382 g/mol. The number of carbonyl (C=O) groups excluding carboxylic acids is 2. The van der Waals surface area contributed by atoms with Crippen molar-refractivity contribution < 1.29 is 24.2 Å². The molecule has 0 unspecified atom stereocenters. The van der Waals surface area contributed by atoms with Crippen molar-refractivity contribution in [3.63, 3.8) is 0 Å². The summed E-state index contributed by atoms with van der Waals surface area (Å²) in [5.41, 5.74) is 0.415. The van der Waals surface area contributed by atoms with E-state index in [1.165, 1.54) is 0 Å². The minimum Gasteiger partial charge on any atom is -0.465 e. The second-order valence-corrected chi connectivity index (χ2v) is 7.10. The van der Waals surface area contributed by atoms with E-state index in [9.17, 15) is 19.5 Å². The molecule has 1 heterocycles. The van der Waals surface area contributed by atoms with Gasteiger partial charge in [0.05, 0.1) is 5.54 Å². The van der Waals surface area contributed by atoms with E-state index in [0.29, 0.717) is 5.56 Å². The fraction of sp³-hybridized carbons (Fsp3) is 0.286. The van der Waals surface area contributed by atoms with Gasteiger partial charge in [-0.25, -0.2) is 9.59 Å². The van der Waals surface area contributed by atoms with Crippen molar-refractivity contribution in [2.24, 2.45) is 0 Å². The number of hydrogen-bond donors (Lipinski definition) is 2. The molecule has 146 valence electrons. The molecule has 1 fully saturated rings. The molecular weight excluding hydrogens is 360 g/mol. The molecule has 28 heavy (non-hydrogen) atoms. The first-order chi connectivity index (χ1) is 13.4. The van der Waals surface area contributed by atoms with Gasteiger partial charge in [-0.2, -0.15) is 0 Å². The van der Waals surface area contributed by atoms with E-state index in [-0.39, 0.29) is 25.5 Å². The third-order valence-corrected chi connectivity index (χ3v) is 4.73. The minimum absolute atomic E-state index is 0.00596. The van der Waals surface area contributed by atoms with Crippen LogP contribution in [0.25, 0.3) is 0 Å². The SMILES string of the molecule is C[C@@]1(NC(=O)c2ccccc2)C[C@@H](C(=O)OCc2ccccc2)N(C(=O)O)C1. The van der Waals surface area contributed by atoms with Crippen LogP contribution >= 0.6 is 0 Å². The highest BCUT2D eigenvalue weighted by molar-refractivity contribution is 5.95. The molecule has 2 atom stereocenters. The highest BCUT2D eigenvalue weighted by atomic mass is 16.5. The van der Waals surface area contributed by atoms with Gasteiger partial charge in [-0.3, -0.25) is 9.69 Å². The lowest BCUT2D eigenvalue weighted by atomic mass is 9.97. The van der Waals surface area contributed by atoms with E-state index in [1.807, 2.05) is 30.3 Å². The summed E-state index contributed by atoms with van der Waals surface area (Å²) < 4.78 is 5.32. The van der Waals surface area contributed by atoms with E-state index in [1.54, 1.807) is 37.3 Å². The molecule has 2 N–H and O–H groups in total. The van der Waals surface area contributed by atoms with Gasteiger partial charge in [-0.15, -0.1) is 0 Å². The number of amides is 2. The van der Waals surface area contributed by atoms with E-state index >= 15 is 0 Å². The molecule has 0 radical (unpaired) electrons. The summed E-state index contributed by atoms with van der Waals surface area (Å²) >= 11 is 0. The third kappa shape index (κ3) is 4.49. The molecule has 3 rings (SSSR count). The number of likely N-dealkylation sites (tertiary alicyclic amines) is 1. The Labute approximate surface area is 162 Å². The standard InChI is InChI=1S/C21H22N2O5/c1-21(22-18(24)16-10-6-3-7-11-16)12-17(23(14-21)20(26)27)19(25)28-13-15-8-4-2-5-9-15/h2-11,17H,12-14H2,1H3,(H,22,24)(H,26,27)/t17-,21+/m0/s1. The van der Waals surface area contributed by atoms with Crippen molar-refractivity contribution in [1.29, 1.82) is 0 Å². The van der Waals surface area contributed by atoms with Crippen molar-refractivity contribution in [1.82, 2.24) is 10.2 Å². The van der Waals surface area contributed by atoms with Crippen LogP contribution < -0.4 is 5.32 Å². The number of hydrogen-bond acceptors (Lipinski definition) is 4. The molecule has 0 aliphatic carbocycles. The van der Waals surface area contributed by atoms with Crippen LogP contribution in [0.1, 0.15) is 29.3 Å². The van der Waals surface area contributed by atoms with E-state index in [0.717, 1.165) is 10.5 Å². The van der Waals surface area contributed by atoms with Gasteiger partial charge in [0.15, 0.2) is 0 Å². The largest absolute Gasteiger partial charge is 0.465 e. The Balaban J connectivity index is 1.68. The van der Waals surface area contributed by atoms with Crippen molar-refractivity contribution >= 4 is 18.0 Å². The maximum atomic E-state index is 12.5. The van der Waals surface area contributed by atoms with Crippen LogP contribution in [0.4, 0.5) is 4.79 Å². The quantitative estimate of drug-likeness (QED) is 0.775. The van der Waals surface area contributed by atoms with Crippen molar-refractivity contribution in [2.45, 2.75) is 31.5 Å². The molecule has 2 amide bonds. The Hall–Kier alpha value is -3.35. The fourth-order valence-electron chi connectivity index (χ4n) is 3.35. The molecule has 1 saturated heterocycles. The van der Waals surface area contributed by atoms with Crippen LogP contribution in [0.2, 0.25) is 0 Å². The molecule has 0 bridgehead atoms. The lowest BCUT2D eigenvalue weighted by Crippen LogP contribution is -2.48. The summed E-state index contributed by atoms with van der Waals surface area (Å²) in [7, 11) is 0. The summed E-state index contributed by atoms with van der Waals surface area (Å²) in [6.45, 7) is 1.80. The van der Waals surface area contributed by atoms with Gasteiger partial charge in [-0.1, -0.05) is 48.5 Å². The maximum Gasteiger partial charge on any atom is 0.408 e. The fourth-order valence-corrected chi connectivity index (χ4v) is 3.35. The number of carbonyl (C=O) groups is 3. The highest BCUT2D eigenvalue weighted by Crippen LogP contribution is 2.28. The zero-order chi connectivity index (χ0) is 20.1. The monoisotopic (exact) mass is 382 g/mol. The van der Waals surface area contributed by atoms with Crippen LogP contribution in [0, 0.1) is 0 Å². The normalized spacial score (nSPS) is 21.2. The summed E-state index contributed by atoms with van der Waals surface area (Å²) in [4.78, 5) is 37.7. The first kappa shape index (κ1) is 19.4. The van der Waals surface area contributed by atoms with Crippen molar-refractivity contribution in [2.75, 3.05) is 6.54 Å². The summed E-state index contributed by atoms with van der Waals surface area (Å²) in [5.74, 6) is -0.935. The molecule has 2 aromatic carbocycles. The molecule has 7 nitrogen and oxygen atoms in total. The van der Waals surface area contributed by atoms with Crippen LogP contribution in [-0.4, -0.2) is 46.1 Å². The van der Waals surface area contributed by atoms with Gasteiger partial charge in [0.1, 0.15) is 12.6 Å². The van der Waals surface area contributed by atoms with Gasteiger partial charge >= 0.3 is 12.1 Å². The van der Waals surface area contributed by atoms with Gasteiger partial charge in [0, 0.05) is 18.5 Å². The van der Waals surface area contributed by atoms with Gasteiger partial charge in [-0.05, 0) is 24.6 Å². The highest BCUT2D eigenvalue weighted by Gasteiger charge is 2.48. The third-order valence-electron chi connectivity index (χ3n) is 4.73. The Morgan fingerprint density at radius 2 is 1.71 bits per heavy atom. The number of ether oxygens (including phenoxy) is 1. The Kier molecular flexibility index (Phi) is 5.63. The first-order valence-corrected chi connectivity index (χ1v) is 8.96. The van der Waals surface area contributed by atoms with Crippen LogP contribution in [-0.2, 0) is 16.1 Å². The molecule has 1 aliphatic rings. The molecule has 7 heteroatoms. The van der Waals surface area contributed by atoms with Crippen molar-refractivity contribution in [3.8, 4) is 0 Å². The van der Waals surface area contributed by atoms with E-state index in [4.69, 9.17) is 4.74 Å². The molecule has 0 spiro atoms. The second-order valence-electron chi connectivity index (χ2n) is 7.10. The van der Waals surface area contributed by atoms with Crippen LogP contribution in [0.5, 0.6) is 0 Å². The second kappa shape index (κ2) is 8.12. The van der Waals surface area contributed by atoms with E-state index < -0.39 is 23.6 Å². The van der Waals surface area contributed by atoms with Gasteiger partial charge in [0.25, 0.3) is 5.91 Å². The number of rotatable bonds is 5. The van der Waals surface area contributed by atoms with Crippen molar-refractivity contribution in [3.05, 3.63) is 71.8 Å². The van der Waals surface area contributed by atoms with Gasteiger partial charge in [0.2, 0.25) is 0 Å². The predicted octanol–water partition coefficient (Wildman–Crippen LogP) is 2.67. The summed E-state index contributed by atoms with van der Waals surface area (Å²) in [6.07, 6.45) is -1.08. The number of nitrogens with zero attached hydrogens (tertiary/aromatic N) is 1. The van der Waals surface area contributed by atoms with Gasteiger partial charge < -0.3 is 15.2 Å². The summed E-state index contributed by atoms with van der Waals surface area (Å²) in [5, 5.41) is 12.4. The zero-order valence-electron chi connectivity index (χ0n) is 15.5. The lowest BCUT2D eigenvalue weighted by Gasteiger charge is -2.25. The molecule has 2 aromatic rings. The topological polar surface area (TPSA) is 95.9 Å². The lowest BCUT2D eigenvalue weighted by molar-refractivity contribution is -0.149. The number of benzene rings is 2. The Morgan fingerprint density at radius 3 is 2.32 bits per heavy atom. The van der Waals surface area contributed by atoms with E-state index in [2.05, 4.69) is 5.32 Å². The number of esters is 1. The maximum absolute atomic E-state index is 12.5. The van der Waals surface area contributed by atoms with Crippen LogP contribution in [0.3, 0.4) is 0 Å². The van der Waals surface area contributed by atoms with Crippen LogP contribution in [0.15, 0.2) is 60.7 Å². The molecule has 1 aliphatic heterocycles. The molecule has 0 saturated carbocycles. The number of carboxylic acid groups (broad SMARTS) is 1. The smallest absolute Gasteiger partial charge is 0.408 e. The minimum atomic E-state index is -1.22. The number of nitrogens with one attached hydrogen (secondary N) is 1. The molecule has 0 aromatic heterocycles. The average Bonchev–Trinajstić information content (AvgIpc) is 3.05. The Bertz CT molecular complexity index is 856. The Morgan fingerprint density at radius 1 is 1.11 bits per heavy atom. The summed E-state index contributed by atoms with van der Waals surface area (Å²) in [6, 6.07) is 16.8.